The molecule has 1 N–H and O–H groups in total. The second-order valence-corrected chi connectivity index (χ2v) is 5.03. The van der Waals surface area contributed by atoms with E-state index in [0.29, 0.717) is 11.3 Å². The molecule has 0 fully saturated rings. The van der Waals surface area contributed by atoms with Crippen LogP contribution in [0.15, 0.2) is 53.4 Å². The second kappa shape index (κ2) is 5.74. The molecule has 0 aromatic heterocycles. The van der Waals surface area contributed by atoms with Crippen LogP contribution in [0.5, 0.6) is 0 Å². The third-order valence-electron chi connectivity index (χ3n) is 2.72. The molecule has 18 heavy (non-hydrogen) atoms. The molecule has 0 saturated heterocycles. The molecule has 3 heteroatoms. The molecule has 0 spiro atoms. The van der Waals surface area contributed by atoms with E-state index in [9.17, 15) is 4.79 Å². The fraction of sp³-hybridized carbons (Fsp3) is 0.133. The number of carboxylic acids is 1. The van der Waals surface area contributed by atoms with Gasteiger partial charge in [0.05, 0.1) is 5.56 Å². The largest absolute Gasteiger partial charge is 0.478 e. The maximum atomic E-state index is 11.1. The van der Waals surface area contributed by atoms with Crippen LogP contribution >= 0.6 is 11.8 Å². The van der Waals surface area contributed by atoms with Crippen molar-refractivity contribution in [1.82, 2.24) is 0 Å². The summed E-state index contributed by atoms with van der Waals surface area (Å²) in [5.74, 6) is -0.191. The number of carboxylic acid groups (broad SMARTS) is 1. The average molecular weight is 258 g/mol. The highest BCUT2D eigenvalue weighted by Gasteiger charge is 2.09. The van der Waals surface area contributed by atoms with Crippen molar-refractivity contribution in [2.45, 2.75) is 17.6 Å². The molecule has 0 amide bonds. The van der Waals surface area contributed by atoms with Gasteiger partial charge in [0.15, 0.2) is 0 Å². The van der Waals surface area contributed by atoms with Crippen molar-refractivity contribution in [3.63, 3.8) is 0 Å². The van der Waals surface area contributed by atoms with Crippen molar-refractivity contribution in [3.8, 4) is 0 Å². The Morgan fingerprint density at radius 3 is 2.50 bits per heavy atom. The normalized spacial score (nSPS) is 10.3. The fourth-order valence-electron chi connectivity index (χ4n) is 1.73. The van der Waals surface area contributed by atoms with Gasteiger partial charge in [0, 0.05) is 10.6 Å². The van der Waals surface area contributed by atoms with Crippen molar-refractivity contribution in [3.05, 3.63) is 65.2 Å². The van der Waals surface area contributed by atoms with E-state index in [1.54, 1.807) is 23.9 Å². The van der Waals surface area contributed by atoms with Gasteiger partial charge in [0.1, 0.15) is 0 Å². The highest BCUT2D eigenvalue weighted by Crippen LogP contribution is 2.26. The predicted molar refractivity (Wildman–Crippen MR) is 74.1 cm³/mol. The first-order chi connectivity index (χ1) is 8.68. The van der Waals surface area contributed by atoms with Gasteiger partial charge in [-0.3, -0.25) is 0 Å². The number of thioether (sulfide) groups is 1. The maximum absolute atomic E-state index is 11.1. The van der Waals surface area contributed by atoms with Gasteiger partial charge in [0.2, 0.25) is 0 Å². The number of aryl methyl sites for hydroxylation is 1. The zero-order chi connectivity index (χ0) is 13.0. The third-order valence-corrected chi connectivity index (χ3v) is 3.95. The maximum Gasteiger partial charge on any atom is 0.335 e. The van der Waals surface area contributed by atoms with E-state index < -0.39 is 5.97 Å². The molecule has 0 saturated carbocycles. The summed E-state index contributed by atoms with van der Waals surface area (Å²) in [5, 5.41) is 9.11. The van der Waals surface area contributed by atoms with E-state index in [-0.39, 0.29) is 0 Å². The third kappa shape index (κ3) is 2.93. The molecular formula is C15H14O2S. The summed E-state index contributed by atoms with van der Waals surface area (Å²) in [5.41, 5.74) is 2.46. The van der Waals surface area contributed by atoms with Gasteiger partial charge in [-0.25, -0.2) is 4.79 Å². The Morgan fingerprint density at radius 2 is 1.78 bits per heavy atom. The van der Waals surface area contributed by atoms with Crippen LogP contribution in [-0.2, 0) is 5.75 Å². The molecule has 0 aliphatic heterocycles. The average Bonchev–Trinajstić information content (AvgIpc) is 2.38. The lowest BCUT2D eigenvalue weighted by atomic mass is 10.1. The van der Waals surface area contributed by atoms with Crippen LogP contribution in [0.1, 0.15) is 21.5 Å². The summed E-state index contributed by atoms with van der Waals surface area (Å²) < 4.78 is 0. The molecule has 0 heterocycles. The topological polar surface area (TPSA) is 37.3 Å². The van der Waals surface area contributed by atoms with Crippen LogP contribution in [0.3, 0.4) is 0 Å². The minimum absolute atomic E-state index is 0.388. The fourth-order valence-corrected chi connectivity index (χ4v) is 2.76. The van der Waals surface area contributed by atoms with E-state index in [4.69, 9.17) is 5.11 Å². The Bertz CT molecular complexity index is 564. The second-order valence-electron chi connectivity index (χ2n) is 4.02. The highest BCUT2D eigenvalue weighted by molar-refractivity contribution is 7.98. The van der Waals surface area contributed by atoms with E-state index in [1.807, 2.05) is 24.3 Å². The summed E-state index contributed by atoms with van der Waals surface area (Å²) in [6.45, 7) is 2.06. The van der Waals surface area contributed by atoms with Crippen LogP contribution in [0.25, 0.3) is 0 Å². The number of aromatic carboxylic acids is 1. The zero-order valence-electron chi connectivity index (χ0n) is 10.1. The highest BCUT2D eigenvalue weighted by atomic mass is 32.2. The number of benzene rings is 2. The van der Waals surface area contributed by atoms with Crippen LogP contribution < -0.4 is 0 Å². The van der Waals surface area contributed by atoms with Gasteiger partial charge in [0.25, 0.3) is 0 Å². The summed E-state index contributed by atoms with van der Waals surface area (Å²) in [6, 6.07) is 15.3. The van der Waals surface area contributed by atoms with Gasteiger partial charge in [-0.1, -0.05) is 36.4 Å². The standard InChI is InChI=1S/C15H14O2S/c1-11-6-2-5-9-14(11)18-10-12-7-3-4-8-13(12)15(16)17/h2-9H,10H2,1H3,(H,16,17). The monoisotopic (exact) mass is 258 g/mol. The molecule has 0 bridgehead atoms. The van der Waals surface area contributed by atoms with Crippen molar-refractivity contribution < 1.29 is 9.90 Å². The number of rotatable bonds is 4. The molecule has 2 aromatic rings. The number of hydrogen-bond acceptors (Lipinski definition) is 2. The van der Waals surface area contributed by atoms with Crippen molar-refractivity contribution in [2.24, 2.45) is 0 Å². The van der Waals surface area contributed by atoms with E-state index in [2.05, 4.69) is 19.1 Å². The molecule has 2 rings (SSSR count). The lowest BCUT2D eigenvalue weighted by Crippen LogP contribution is -2.00. The quantitative estimate of drug-likeness (QED) is 0.843. The first-order valence-corrected chi connectivity index (χ1v) is 6.66. The SMILES string of the molecule is Cc1ccccc1SCc1ccccc1C(=O)O. The minimum atomic E-state index is -0.865. The molecule has 92 valence electrons. The predicted octanol–water partition coefficient (Wildman–Crippen LogP) is 3.99. The van der Waals surface area contributed by atoms with Crippen molar-refractivity contribution in [2.75, 3.05) is 0 Å². The molecule has 2 aromatic carbocycles. The lowest BCUT2D eigenvalue weighted by molar-refractivity contribution is 0.0696. The Hall–Kier alpha value is -1.74. The molecule has 0 aliphatic carbocycles. The van der Waals surface area contributed by atoms with E-state index >= 15 is 0 Å². The number of hydrogen-bond donors (Lipinski definition) is 1. The molecule has 0 atom stereocenters. The Balaban J connectivity index is 2.16. The summed E-state index contributed by atoms with van der Waals surface area (Å²) in [6.07, 6.45) is 0. The summed E-state index contributed by atoms with van der Waals surface area (Å²) in [7, 11) is 0. The summed E-state index contributed by atoms with van der Waals surface area (Å²) in [4.78, 5) is 12.3. The van der Waals surface area contributed by atoms with Crippen LogP contribution in [-0.4, -0.2) is 11.1 Å². The Labute approximate surface area is 111 Å². The van der Waals surface area contributed by atoms with Gasteiger partial charge in [-0.05, 0) is 30.2 Å². The van der Waals surface area contributed by atoms with Crippen LogP contribution in [0.4, 0.5) is 0 Å². The molecule has 0 unspecified atom stereocenters. The minimum Gasteiger partial charge on any atom is -0.478 e. The van der Waals surface area contributed by atoms with Gasteiger partial charge >= 0.3 is 5.97 Å². The van der Waals surface area contributed by atoms with Gasteiger partial charge in [-0.2, -0.15) is 0 Å². The van der Waals surface area contributed by atoms with Gasteiger partial charge in [-0.15, -0.1) is 11.8 Å². The smallest absolute Gasteiger partial charge is 0.335 e. The Kier molecular flexibility index (Phi) is 4.05. The van der Waals surface area contributed by atoms with Crippen LogP contribution in [0, 0.1) is 6.92 Å². The molecule has 0 radical (unpaired) electrons. The molecular weight excluding hydrogens is 244 g/mol. The van der Waals surface area contributed by atoms with E-state index in [1.165, 1.54) is 10.5 Å². The van der Waals surface area contributed by atoms with E-state index in [0.717, 1.165) is 5.56 Å². The number of carbonyl (C=O) groups is 1. The zero-order valence-corrected chi connectivity index (χ0v) is 10.9. The van der Waals surface area contributed by atoms with Crippen molar-refractivity contribution in [1.29, 1.82) is 0 Å². The van der Waals surface area contributed by atoms with Crippen molar-refractivity contribution >= 4 is 17.7 Å². The first-order valence-electron chi connectivity index (χ1n) is 5.68. The lowest BCUT2D eigenvalue weighted by Gasteiger charge is -2.07. The summed E-state index contributed by atoms with van der Waals surface area (Å²) >= 11 is 1.67. The molecule has 0 aliphatic rings. The molecule has 2 nitrogen and oxygen atoms in total. The van der Waals surface area contributed by atoms with Gasteiger partial charge < -0.3 is 5.11 Å². The first kappa shape index (κ1) is 12.7. The Morgan fingerprint density at radius 1 is 1.11 bits per heavy atom. The van der Waals surface area contributed by atoms with Crippen LogP contribution in [0.2, 0.25) is 0 Å².